The Hall–Kier alpha value is -1.77. The lowest BCUT2D eigenvalue weighted by Crippen LogP contribution is -2.55. The van der Waals surface area contributed by atoms with E-state index in [2.05, 4.69) is 9.97 Å². The Morgan fingerprint density at radius 3 is 2.48 bits per heavy atom. The van der Waals surface area contributed by atoms with Gasteiger partial charge in [0.15, 0.2) is 0 Å². The normalized spacial score (nSPS) is 19.1. The zero-order valence-corrected chi connectivity index (χ0v) is 15.1. The number of aromatic nitrogens is 2. The van der Waals surface area contributed by atoms with Gasteiger partial charge in [-0.15, -0.1) is 0 Å². The van der Waals surface area contributed by atoms with Crippen molar-refractivity contribution in [2.45, 2.75) is 45.5 Å². The molecular weight excluding hydrogens is 361 g/mol. The van der Waals surface area contributed by atoms with Gasteiger partial charge in [-0.05, 0) is 39.3 Å². The second kappa shape index (κ2) is 6.86. The van der Waals surface area contributed by atoms with Gasteiger partial charge in [0, 0.05) is 31.9 Å². The molecule has 0 N–H and O–H groups in total. The van der Waals surface area contributed by atoms with E-state index in [0.29, 0.717) is 6.20 Å². The van der Waals surface area contributed by atoms with Gasteiger partial charge in [0.2, 0.25) is 5.28 Å². The molecule has 1 unspecified atom stereocenters. The highest BCUT2D eigenvalue weighted by molar-refractivity contribution is 6.28. The average Bonchev–Trinajstić information content (AvgIpc) is 2.43. The first-order valence-corrected chi connectivity index (χ1v) is 8.10. The van der Waals surface area contributed by atoms with Crippen LogP contribution in [0.15, 0.2) is 6.20 Å². The molecule has 1 aromatic rings. The van der Waals surface area contributed by atoms with Crippen molar-refractivity contribution in [3.63, 3.8) is 0 Å². The summed E-state index contributed by atoms with van der Waals surface area (Å²) >= 11 is 5.67. The van der Waals surface area contributed by atoms with Gasteiger partial charge >= 0.3 is 12.3 Å². The summed E-state index contributed by atoms with van der Waals surface area (Å²) in [7, 11) is 0. The molecule has 1 aliphatic rings. The molecule has 1 aliphatic heterocycles. The van der Waals surface area contributed by atoms with E-state index in [1.54, 1.807) is 27.7 Å². The van der Waals surface area contributed by atoms with Gasteiger partial charge < -0.3 is 14.5 Å². The number of hydrogen-bond donors (Lipinski definition) is 0. The van der Waals surface area contributed by atoms with E-state index >= 15 is 0 Å². The molecule has 0 aromatic carbocycles. The lowest BCUT2D eigenvalue weighted by atomic mass is 10.1. The number of piperazine rings is 1. The molecular formula is C15H20ClF3N4O2. The van der Waals surface area contributed by atoms with Crippen molar-refractivity contribution < 1.29 is 22.7 Å². The molecule has 0 saturated carbocycles. The Morgan fingerprint density at radius 1 is 1.32 bits per heavy atom. The number of hydrogen-bond acceptors (Lipinski definition) is 5. The largest absolute Gasteiger partial charge is 0.444 e. The van der Waals surface area contributed by atoms with Crippen LogP contribution >= 0.6 is 11.6 Å². The van der Waals surface area contributed by atoms with Crippen LogP contribution < -0.4 is 4.90 Å². The fraction of sp³-hybridized carbons (Fsp3) is 0.667. The Morgan fingerprint density at radius 2 is 1.96 bits per heavy atom. The third-order valence-electron chi connectivity index (χ3n) is 3.60. The predicted molar refractivity (Wildman–Crippen MR) is 86.7 cm³/mol. The van der Waals surface area contributed by atoms with E-state index in [0.717, 1.165) is 0 Å². The lowest BCUT2D eigenvalue weighted by molar-refractivity contribution is -0.137. The number of halogens is 4. The molecule has 0 spiro atoms. The highest BCUT2D eigenvalue weighted by Crippen LogP contribution is 2.36. The Balaban J connectivity index is 2.19. The van der Waals surface area contributed by atoms with E-state index in [4.69, 9.17) is 16.3 Å². The van der Waals surface area contributed by atoms with Crippen molar-refractivity contribution in [2.75, 3.05) is 24.5 Å². The minimum Gasteiger partial charge on any atom is -0.444 e. The van der Waals surface area contributed by atoms with Crippen molar-refractivity contribution >= 4 is 23.5 Å². The van der Waals surface area contributed by atoms with Crippen molar-refractivity contribution in [1.29, 1.82) is 0 Å². The number of nitrogens with zero attached hydrogens (tertiary/aromatic N) is 4. The molecule has 10 heteroatoms. The highest BCUT2D eigenvalue weighted by atomic mass is 35.5. The average molecular weight is 381 g/mol. The summed E-state index contributed by atoms with van der Waals surface area (Å²) in [6, 6.07) is -0.349. The minimum absolute atomic E-state index is 0.176. The molecule has 0 aliphatic carbocycles. The van der Waals surface area contributed by atoms with Crippen molar-refractivity contribution in [3.05, 3.63) is 17.0 Å². The van der Waals surface area contributed by atoms with Crippen molar-refractivity contribution in [1.82, 2.24) is 14.9 Å². The van der Waals surface area contributed by atoms with Crippen LogP contribution in [0, 0.1) is 0 Å². The van der Waals surface area contributed by atoms with Crippen LogP contribution in [0.2, 0.25) is 5.28 Å². The molecule has 140 valence electrons. The molecule has 6 nitrogen and oxygen atoms in total. The van der Waals surface area contributed by atoms with Crippen LogP contribution in [0.3, 0.4) is 0 Å². The number of anilines is 1. The molecule has 1 amide bonds. The van der Waals surface area contributed by atoms with Gasteiger partial charge in [0.1, 0.15) is 17.0 Å². The number of rotatable bonds is 1. The third kappa shape index (κ3) is 4.87. The summed E-state index contributed by atoms with van der Waals surface area (Å²) in [5.74, 6) is -0.275. The molecule has 1 aromatic heterocycles. The topological polar surface area (TPSA) is 58.6 Å². The van der Waals surface area contributed by atoms with E-state index < -0.39 is 23.4 Å². The van der Waals surface area contributed by atoms with Crippen molar-refractivity contribution in [3.8, 4) is 0 Å². The highest BCUT2D eigenvalue weighted by Gasteiger charge is 2.39. The van der Waals surface area contributed by atoms with Crippen LogP contribution in [-0.2, 0) is 10.9 Å². The van der Waals surface area contributed by atoms with Crippen LogP contribution in [0.5, 0.6) is 0 Å². The summed E-state index contributed by atoms with van der Waals surface area (Å²) in [5, 5.41) is -0.259. The van der Waals surface area contributed by atoms with Crippen LogP contribution in [0.25, 0.3) is 0 Å². The van der Waals surface area contributed by atoms with E-state index in [1.165, 1.54) is 9.80 Å². The maximum Gasteiger partial charge on any atom is 0.421 e. The second-order valence-electron chi connectivity index (χ2n) is 6.84. The zero-order chi connectivity index (χ0) is 19.0. The van der Waals surface area contributed by atoms with Crippen LogP contribution in [0.4, 0.5) is 23.8 Å². The zero-order valence-electron chi connectivity index (χ0n) is 14.4. The lowest BCUT2D eigenvalue weighted by Gasteiger charge is -2.41. The van der Waals surface area contributed by atoms with Crippen LogP contribution in [-0.4, -0.2) is 52.2 Å². The summed E-state index contributed by atoms with van der Waals surface area (Å²) in [6.07, 6.45) is -4.41. The molecule has 25 heavy (non-hydrogen) atoms. The molecule has 2 heterocycles. The number of alkyl halides is 3. The first-order valence-electron chi connectivity index (χ1n) is 7.73. The molecule has 0 radical (unpaired) electrons. The number of amides is 1. The number of carbonyl (C=O) groups is 1. The standard InChI is InChI=1S/C15H20ClF3N4O2/c1-9-8-22(5-6-23(9)13(24)25-14(2,3)4)11-10(15(17,18)19)7-20-12(16)21-11/h7,9H,5-6,8H2,1-4H3. The summed E-state index contributed by atoms with van der Waals surface area (Å²) < 4.78 is 44.9. The Kier molecular flexibility index (Phi) is 5.36. The quantitative estimate of drug-likeness (QED) is 0.697. The van der Waals surface area contributed by atoms with Crippen LogP contribution in [0.1, 0.15) is 33.3 Å². The van der Waals surface area contributed by atoms with Gasteiger partial charge in [-0.3, -0.25) is 0 Å². The van der Waals surface area contributed by atoms with Gasteiger partial charge in [0.05, 0.1) is 0 Å². The molecule has 0 bridgehead atoms. The smallest absolute Gasteiger partial charge is 0.421 e. The SMILES string of the molecule is CC1CN(c2nc(Cl)ncc2C(F)(F)F)CCN1C(=O)OC(C)(C)C. The van der Waals surface area contributed by atoms with Crippen molar-refractivity contribution in [2.24, 2.45) is 0 Å². The summed E-state index contributed by atoms with van der Waals surface area (Å²) in [6.45, 7) is 7.58. The fourth-order valence-electron chi connectivity index (χ4n) is 2.53. The number of carbonyl (C=O) groups excluding carboxylic acids is 1. The molecule has 1 atom stereocenters. The maximum absolute atomic E-state index is 13.2. The van der Waals surface area contributed by atoms with E-state index in [1.807, 2.05) is 0 Å². The summed E-state index contributed by atoms with van der Waals surface area (Å²) in [5.41, 5.74) is -1.59. The molecule has 1 saturated heterocycles. The van der Waals surface area contributed by atoms with Gasteiger partial charge in [-0.2, -0.15) is 18.2 Å². The maximum atomic E-state index is 13.2. The summed E-state index contributed by atoms with van der Waals surface area (Å²) in [4.78, 5) is 22.3. The molecule has 1 fully saturated rings. The Bertz CT molecular complexity index is 649. The Labute approximate surface area is 148 Å². The first kappa shape index (κ1) is 19.6. The third-order valence-corrected chi connectivity index (χ3v) is 3.78. The van der Waals surface area contributed by atoms with E-state index in [-0.39, 0.29) is 36.8 Å². The van der Waals surface area contributed by atoms with Gasteiger partial charge in [0.25, 0.3) is 0 Å². The molecule has 2 rings (SSSR count). The first-order chi connectivity index (χ1) is 11.4. The predicted octanol–water partition coefficient (Wildman–Crippen LogP) is 3.59. The second-order valence-corrected chi connectivity index (χ2v) is 7.18. The van der Waals surface area contributed by atoms with Gasteiger partial charge in [-0.25, -0.2) is 9.78 Å². The van der Waals surface area contributed by atoms with E-state index in [9.17, 15) is 18.0 Å². The fourth-order valence-corrected chi connectivity index (χ4v) is 2.66. The minimum atomic E-state index is -4.59. The monoisotopic (exact) mass is 380 g/mol. The number of ether oxygens (including phenoxy) is 1. The van der Waals surface area contributed by atoms with Gasteiger partial charge in [-0.1, -0.05) is 0 Å².